The van der Waals surface area contributed by atoms with Crippen LogP contribution >= 0.6 is 0 Å². The van der Waals surface area contributed by atoms with Crippen LogP contribution in [0, 0.1) is 94.0 Å². The molecule has 0 spiro atoms. The van der Waals surface area contributed by atoms with Crippen LogP contribution in [0.4, 0.5) is 25.8 Å². The molecule has 1 N–H and O–H groups in total. The smallest absolute Gasteiger partial charge is 0.521 e. The van der Waals surface area contributed by atoms with E-state index < -0.39 is 17.6 Å². The number of carboxylic acids is 1. The number of aromatic nitrogens is 7. The fraction of sp³-hybridized carbons (Fsp3) is 0.111. The van der Waals surface area contributed by atoms with E-state index in [4.69, 9.17) is 13.9 Å². The number of furan rings is 2. The topological polar surface area (TPSA) is 149 Å². The molecule has 0 aliphatic carbocycles. The van der Waals surface area contributed by atoms with Gasteiger partial charge in [0.1, 0.15) is 11.2 Å². The molecule has 3 aliphatic heterocycles. The minimum Gasteiger partial charge on any atom is -0.521 e. The van der Waals surface area contributed by atoms with Crippen LogP contribution in [-0.4, -0.2) is 80.6 Å². The number of aryl methyl sites for hydroxylation is 3. The summed E-state index contributed by atoms with van der Waals surface area (Å²) in [6.45, 7) is 19.2. The van der Waals surface area contributed by atoms with Gasteiger partial charge in [0.05, 0.1) is 17.5 Å². The summed E-state index contributed by atoms with van der Waals surface area (Å²) in [4.78, 5) is 39.5. The maximum Gasteiger partial charge on any atom is 3.00 e. The molecule has 25 heteroatoms. The van der Waals surface area contributed by atoms with Gasteiger partial charge in [-0.15, -0.1) is 156 Å². The molecule has 0 saturated carbocycles. The Morgan fingerprint density at radius 2 is 0.835 bits per heavy atom. The number of nitrogens with zero attached hydrogens (tertiary/aromatic N) is 13. The third kappa shape index (κ3) is 27.3. The van der Waals surface area contributed by atoms with E-state index in [9.17, 15) is 13.6 Å². The summed E-state index contributed by atoms with van der Waals surface area (Å²) < 4.78 is 44.1. The molecule has 133 heavy (non-hydrogen) atoms. The average molecular weight is 2830 g/mol. The van der Waals surface area contributed by atoms with Gasteiger partial charge < -0.3 is 66.8 Å². The maximum absolute atomic E-state index is 13.2. The van der Waals surface area contributed by atoms with Gasteiger partial charge in [0, 0.05) is 196 Å². The van der Waals surface area contributed by atoms with E-state index in [1.165, 1.54) is 39.7 Å². The van der Waals surface area contributed by atoms with Gasteiger partial charge in [-0.25, -0.2) is 0 Å². The van der Waals surface area contributed by atoms with Crippen molar-refractivity contribution in [2.24, 2.45) is 7.05 Å². The molecule has 3 aliphatic rings. The van der Waals surface area contributed by atoms with Crippen LogP contribution in [0.2, 0.25) is 0 Å². The molecule has 689 valence electrons. The number of carboxylic acid groups (broad SMARTS) is 1. The molecule has 0 saturated heterocycles. The van der Waals surface area contributed by atoms with E-state index >= 15 is 0 Å². The van der Waals surface area contributed by atoms with Crippen LogP contribution in [-0.2, 0) is 128 Å². The minimum absolute atomic E-state index is 0. The molecular weight excluding hydrogens is 2730 g/mol. The molecule has 0 bridgehead atoms. The summed E-state index contributed by atoms with van der Waals surface area (Å²) in [7, 11) is 7.97. The number of benzene rings is 12. The summed E-state index contributed by atoms with van der Waals surface area (Å²) >= 11 is 0. The van der Waals surface area contributed by atoms with Gasteiger partial charge >= 0.3 is 20.1 Å². The average Bonchev–Trinajstić information content (AvgIpc) is 1.80. The van der Waals surface area contributed by atoms with Crippen LogP contribution in [0.25, 0.3) is 101 Å². The SMILES string of the molecule is CC(C)c1cccc(C(C)C)c1-n1ccnc1-c1[c-]cccc1.CN1C=CN(c2[c-]ccc3c2oc2ccccc23)[CH-]1.CN1C=CN(c2[c-]ccc3c2oc2ccccc23)[CH-]1.CN1C=CN(c2[c-]cccc2)[CH-]1.Cc1cccc(C)c1-n1ccnc1-c1[c-]cccc1.Cn1ccnc1-c1[c-]cccc1.Fc1c[c-]c(-c2ccccn2)c(F)c1.O=C(O)c1[c-]cccc1.[Ir+3].[Ir].[Ir].[Ir].[Ir].[Ir]. The van der Waals surface area contributed by atoms with Crippen molar-refractivity contribution in [2.45, 2.75) is 53.4 Å². The second-order valence-corrected chi connectivity index (χ2v) is 30.1. The number of pyridine rings is 1. The van der Waals surface area contributed by atoms with Gasteiger partial charge in [0.25, 0.3) is 0 Å². The van der Waals surface area contributed by atoms with Crippen molar-refractivity contribution in [3.8, 4) is 56.8 Å². The number of hydrogen-bond acceptors (Lipinski definition) is 13. The largest absolute Gasteiger partial charge is 3.00 e. The normalized spacial score (nSPS) is 11.8. The van der Waals surface area contributed by atoms with Gasteiger partial charge in [-0.2, -0.15) is 86.7 Å². The van der Waals surface area contributed by atoms with E-state index in [0.29, 0.717) is 17.5 Å². The zero-order valence-electron chi connectivity index (χ0n) is 74.0. The fourth-order valence-corrected chi connectivity index (χ4v) is 14.3. The number of halogens is 2. The number of para-hydroxylation sites is 5. The standard InChI is InChI=1S/C21H23N2.C17H15N2.2C16H12N2O.C11H6F2N.C10H10N2.C10H9N2.C7H5O2.6Ir/c1-15(2)18-11-8-12-19(16(3)4)20(18)23-14-13-22-21(23)17-9-6-5-7-10-17;1-13-7-6-8-14(2)16(13)19-12-11-18-17(19)15-9-4-3-5-10-15;2*1-17-9-10-18(11-17)14-7-4-6-13-12-5-2-3-8-15(12)19-16(13)14;12-8-4-5-9(10(13)7-8)11-3-1-2-6-14-11;1-11-7-8-12(9-11)10-5-3-2-4-6-10;1-12-8-7-11-10(12)9-5-3-2-4-6-9;8-7(9)6-4-2-1-3-5-6;;;;;;/h5-9,11-16H,1-4H3;3-9,11-12H,1-2H3;2*2-6,8-11H,1H3;1-4,6-7H;2-5,7-9H,1H3;2-5,7-8H,1H3;1-4H,(H,8,9);;;;;;/q2*-1;2*-2;-1;-2;2*-1;;;;;;+3. The zero-order chi connectivity index (χ0) is 88.7. The molecule has 18 aromatic rings. The zero-order valence-corrected chi connectivity index (χ0v) is 88.3. The molecule has 0 fully saturated rings. The second-order valence-electron chi connectivity index (χ2n) is 30.1. The number of anilines is 3. The molecule has 5 radical (unpaired) electrons. The number of aromatic carboxylic acids is 1. The van der Waals surface area contributed by atoms with E-state index in [2.05, 4.69) is 180 Å². The Hall–Kier alpha value is -11.7. The molecule has 12 aromatic carbocycles. The summed E-state index contributed by atoms with van der Waals surface area (Å²) in [6.07, 6.45) is 25.0. The molecule has 6 aromatic heterocycles. The van der Waals surface area contributed by atoms with Crippen LogP contribution < -0.4 is 14.7 Å². The fourth-order valence-electron chi connectivity index (χ4n) is 14.3. The molecule has 0 amide bonds. The summed E-state index contributed by atoms with van der Waals surface area (Å²) in [5.41, 5.74) is 18.1. The maximum atomic E-state index is 13.2. The Labute approximate surface area is 857 Å². The van der Waals surface area contributed by atoms with Crippen LogP contribution in [0.1, 0.15) is 72.1 Å². The molecule has 0 unspecified atom stereocenters. The first-order chi connectivity index (χ1) is 61.8. The predicted molar refractivity (Wildman–Crippen MR) is 503 cm³/mol. The summed E-state index contributed by atoms with van der Waals surface area (Å²) in [5.74, 6) is 1.52. The number of fused-ring (bicyclic) bond motifs is 6. The first-order valence-electron chi connectivity index (χ1n) is 41.2. The van der Waals surface area contributed by atoms with Crippen molar-refractivity contribution in [1.82, 2.24) is 48.3 Å². The second kappa shape index (κ2) is 52.1. The Balaban J connectivity index is 0.000000188. The predicted octanol–water partition coefficient (Wildman–Crippen LogP) is 24.7. The Bertz CT molecular complexity index is 6560. The van der Waals surface area contributed by atoms with Gasteiger partial charge in [-0.1, -0.05) is 152 Å². The van der Waals surface area contributed by atoms with E-state index in [-0.39, 0.29) is 132 Å². The third-order valence-electron chi connectivity index (χ3n) is 20.4. The van der Waals surface area contributed by atoms with Gasteiger partial charge in [0.15, 0.2) is 0 Å². The first-order valence-corrected chi connectivity index (χ1v) is 41.2. The monoisotopic (exact) mass is 2830 g/mol. The van der Waals surface area contributed by atoms with Gasteiger partial charge in [0.2, 0.25) is 5.97 Å². The van der Waals surface area contributed by atoms with Crippen molar-refractivity contribution in [3.63, 3.8) is 0 Å². The number of hydrogen-bond donors (Lipinski definition) is 1. The van der Waals surface area contributed by atoms with Gasteiger partial charge in [-0.05, 0) is 130 Å². The summed E-state index contributed by atoms with van der Waals surface area (Å²) in [6, 6.07) is 107. The van der Waals surface area contributed by atoms with Crippen LogP contribution in [0.5, 0.6) is 0 Å². The number of rotatable bonds is 12. The molecular formula is C108H92F2Ir6N13O4-8. The molecule has 9 heterocycles. The van der Waals surface area contributed by atoms with Crippen LogP contribution in [0.3, 0.4) is 0 Å². The first kappa shape index (κ1) is 107. The van der Waals surface area contributed by atoms with Crippen molar-refractivity contribution in [3.05, 3.63) is 449 Å². The third-order valence-corrected chi connectivity index (χ3v) is 20.4. The van der Waals surface area contributed by atoms with E-state index in [0.717, 1.165) is 107 Å². The van der Waals surface area contributed by atoms with Crippen molar-refractivity contribution in [2.75, 3.05) is 35.8 Å². The minimum atomic E-state index is -0.935. The van der Waals surface area contributed by atoms with E-state index in [1.54, 1.807) is 48.8 Å². The summed E-state index contributed by atoms with van der Waals surface area (Å²) in [5, 5.41) is 12.9. The van der Waals surface area contributed by atoms with Crippen LogP contribution in [0.15, 0.2) is 350 Å². The quantitative estimate of drug-likeness (QED) is 0.116. The van der Waals surface area contributed by atoms with E-state index in [1.807, 2.05) is 296 Å². The van der Waals surface area contributed by atoms with Crippen molar-refractivity contribution >= 4 is 66.9 Å². The van der Waals surface area contributed by atoms with Gasteiger partial charge in [-0.3, -0.25) is 23.7 Å². The molecule has 21 rings (SSSR count). The van der Waals surface area contributed by atoms with Crippen molar-refractivity contribution in [1.29, 1.82) is 0 Å². The number of carbonyl (C=O) groups is 1. The molecule has 0 atom stereocenters. The Kier molecular flexibility index (Phi) is 41.7. The van der Waals surface area contributed by atoms with Crippen molar-refractivity contribution < 1.29 is 148 Å². The number of imidazole rings is 3. The molecule has 17 nitrogen and oxygen atoms in total. The Morgan fingerprint density at radius 3 is 1.24 bits per heavy atom. The Morgan fingerprint density at radius 1 is 0.406 bits per heavy atom.